The summed E-state index contributed by atoms with van der Waals surface area (Å²) in [7, 11) is 0. The van der Waals surface area contributed by atoms with Gasteiger partial charge < -0.3 is 10.1 Å². The van der Waals surface area contributed by atoms with Crippen LogP contribution in [0.25, 0.3) is 0 Å². The maximum atomic E-state index is 11.0. The summed E-state index contributed by atoms with van der Waals surface area (Å²) in [6, 6.07) is 10.7. The van der Waals surface area contributed by atoms with Gasteiger partial charge in [-0.05, 0) is 17.7 Å². The minimum absolute atomic E-state index is 0.00150. The first-order valence-electron chi connectivity index (χ1n) is 7.96. The average molecular weight is 328 g/mol. The van der Waals surface area contributed by atoms with Crippen LogP contribution in [-0.4, -0.2) is 47.6 Å². The lowest BCUT2D eigenvalue weighted by Gasteiger charge is -2.36. The predicted molar refractivity (Wildman–Crippen MR) is 90.0 cm³/mol. The van der Waals surface area contributed by atoms with E-state index in [4.69, 9.17) is 4.74 Å². The number of hydrogen-bond acceptors (Lipinski definition) is 6. The Bertz CT molecular complexity index is 681. The van der Waals surface area contributed by atoms with Gasteiger partial charge in [-0.2, -0.15) is 0 Å². The summed E-state index contributed by atoms with van der Waals surface area (Å²) >= 11 is 0. The number of nitro benzene ring substituents is 1. The highest BCUT2D eigenvalue weighted by Crippen LogP contribution is 2.26. The maximum absolute atomic E-state index is 11.0. The molecule has 1 aromatic heterocycles. The molecule has 1 aromatic carbocycles. The summed E-state index contributed by atoms with van der Waals surface area (Å²) in [5.41, 5.74) is 1.16. The van der Waals surface area contributed by atoms with Crippen LogP contribution in [0.15, 0.2) is 48.8 Å². The SMILES string of the molecule is O=[N+]([O-])c1ccccc1OCCN1CCNCC1c1cccnc1. The normalized spacial score (nSPS) is 18.2. The molecule has 1 aliphatic heterocycles. The zero-order valence-electron chi connectivity index (χ0n) is 13.3. The lowest BCUT2D eigenvalue weighted by molar-refractivity contribution is -0.385. The Morgan fingerprint density at radius 2 is 2.21 bits per heavy atom. The van der Waals surface area contributed by atoms with Gasteiger partial charge in [-0.25, -0.2) is 0 Å². The van der Waals surface area contributed by atoms with Crippen molar-refractivity contribution < 1.29 is 9.66 Å². The van der Waals surface area contributed by atoms with E-state index in [1.54, 1.807) is 24.4 Å². The van der Waals surface area contributed by atoms with Gasteiger partial charge in [-0.1, -0.05) is 18.2 Å². The lowest BCUT2D eigenvalue weighted by atomic mass is 10.1. The highest BCUT2D eigenvalue weighted by atomic mass is 16.6. The van der Waals surface area contributed by atoms with Gasteiger partial charge >= 0.3 is 5.69 Å². The van der Waals surface area contributed by atoms with E-state index in [9.17, 15) is 10.1 Å². The summed E-state index contributed by atoms with van der Waals surface area (Å²) in [5.74, 6) is 0.315. The van der Waals surface area contributed by atoms with Crippen LogP contribution >= 0.6 is 0 Å². The number of nitrogens with zero attached hydrogens (tertiary/aromatic N) is 3. The van der Waals surface area contributed by atoms with E-state index in [0.29, 0.717) is 18.9 Å². The second-order valence-corrected chi connectivity index (χ2v) is 5.62. The average Bonchev–Trinajstić information content (AvgIpc) is 2.63. The molecule has 1 fully saturated rings. The van der Waals surface area contributed by atoms with Crippen molar-refractivity contribution in [1.82, 2.24) is 15.2 Å². The van der Waals surface area contributed by atoms with Crippen molar-refractivity contribution in [2.75, 3.05) is 32.8 Å². The monoisotopic (exact) mass is 328 g/mol. The Balaban J connectivity index is 1.62. The second-order valence-electron chi connectivity index (χ2n) is 5.62. The smallest absolute Gasteiger partial charge is 0.310 e. The molecule has 1 N–H and O–H groups in total. The molecule has 7 heteroatoms. The molecule has 0 saturated carbocycles. The van der Waals surface area contributed by atoms with Gasteiger partial charge in [0.15, 0.2) is 5.75 Å². The number of piperazine rings is 1. The molecule has 0 spiro atoms. The molecule has 24 heavy (non-hydrogen) atoms. The van der Waals surface area contributed by atoms with E-state index in [1.165, 1.54) is 6.07 Å². The van der Waals surface area contributed by atoms with Crippen molar-refractivity contribution in [2.24, 2.45) is 0 Å². The molecule has 3 rings (SSSR count). The number of rotatable bonds is 6. The summed E-state index contributed by atoms with van der Waals surface area (Å²) in [5, 5.41) is 14.4. The van der Waals surface area contributed by atoms with Gasteiger partial charge in [0, 0.05) is 50.7 Å². The van der Waals surface area contributed by atoms with Crippen LogP contribution in [0.4, 0.5) is 5.69 Å². The number of pyridine rings is 1. The molecule has 2 heterocycles. The molecule has 7 nitrogen and oxygen atoms in total. The second kappa shape index (κ2) is 7.85. The van der Waals surface area contributed by atoms with Crippen molar-refractivity contribution >= 4 is 5.69 Å². The van der Waals surface area contributed by atoms with Gasteiger partial charge in [0.05, 0.1) is 4.92 Å². The van der Waals surface area contributed by atoms with Crippen molar-refractivity contribution in [3.8, 4) is 5.75 Å². The standard InChI is InChI=1S/C17H20N4O3/c22-21(23)15-5-1-2-6-17(15)24-11-10-20-9-8-19-13-16(20)14-4-3-7-18-12-14/h1-7,12,16,19H,8-11,13H2. The highest BCUT2D eigenvalue weighted by molar-refractivity contribution is 5.45. The fourth-order valence-electron chi connectivity index (χ4n) is 2.92. The van der Waals surface area contributed by atoms with E-state index >= 15 is 0 Å². The minimum Gasteiger partial charge on any atom is -0.485 e. The molecule has 1 atom stereocenters. The number of hydrogen-bond donors (Lipinski definition) is 1. The molecular formula is C17H20N4O3. The van der Waals surface area contributed by atoms with E-state index in [2.05, 4.69) is 21.3 Å². The Labute approximate surface area is 140 Å². The van der Waals surface area contributed by atoms with E-state index in [0.717, 1.165) is 25.2 Å². The number of aromatic nitrogens is 1. The summed E-state index contributed by atoms with van der Waals surface area (Å²) < 4.78 is 5.67. The molecule has 0 bridgehead atoms. The quantitative estimate of drug-likeness (QED) is 0.645. The van der Waals surface area contributed by atoms with Crippen LogP contribution in [0.2, 0.25) is 0 Å². The van der Waals surface area contributed by atoms with Crippen molar-refractivity contribution in [2.45, 2.75) is 6.04 Å². The predicted octanol–water partition coefficient (Wildman–Crippen LogP) is 2.02. The van der Waals surface area contributed by atoms with Crippen molar-refractivity contribution in [3.05, 3.63) is 64.5 Å². The molecule has 1 aliphatic rings. The highest BCUT2D eigenvalue weighted by Gasteiger charge is 2.24. The van der Waals surface area contributed by atoms with Crippen LogP contribution in [0.3, 0.4) is 0 Å². The fraction of sp³-hybridized carbons (Fsp3) is 0.353. The summed E-state index contributed by atoms with van der Waals surface area (Å²) in [6.07, 6.45) is 3.65. The molecule has 0 radical (unpaired) electrons. The molecule has 0 aliphatic carbocycles. The number of ether oxygens (including phenoxy) is 1. The summed E-state index contributed by atoms with van der Waals surface area (Å²) in [4.78, 5) is 17.1. The first-order chi connectivity index (χ1) is 11.8. The zero-order valence-corrected chi connectivity index (χ0v) is 13.3. The van der Waals surface area contributed by atoms with Gasteiger partial charge in [0.25, 0.3) is 0 Å². The fourth-order valence-corrected chi connectivity index (χ4v) is 2.92. The molecule has 2 aromatic rings. The van der Waals surface area contributed by atoms with Gasteiger partial charge in [-0.15, -0.1) is 0 Å². The largest absolute Gasteiger partial charge is 0.485 e. The summed E-state index contributed by atoms with van der Waals surface area (Å²) in [6.45, 7) is 3.79. The Morgan fingerprint density at radius 1 is 1.33 bits per heavy atom. The zero-order chi connectivity index (χ0) is 16.8. The topological polar surface area (TPSA) is 80.5 Å². The minimum atomic E-state index is -0.418. The number of nitrogens with one attached hydrogen (secondary N) is 1. The van der Waals surface area contributed by atoms with Gasteiger partial charge in [0.2, 0.25) is 0 Å². The Morgan fingerprint density at radius 3 is 3.00 bits per heavy atom. The van der Waals surface area contributed by atoms with Crippen LogP contribution in [0.1, 0.15) is 11.6 Å². The van der Waals surface area contributed by atoms with Gasteiger partial charge in [0.1, 0.15) is 6.61 Å². The third-order valence-electron chi connectivity index (χ3n) is 4.12. The van der Waals surface area contributed by atoms with E-state index in [1.807, 2.05) is 12.3 Å². The molecule has 1 saturated heterocycles. The van der Waals surface area contributed by atoms with Crippen LogP contribution in [-0.2, 0) is 0 Å². The molecule has 1 unspecified atom stereocenters. The number of benzene rings is 1. The van der Waals surface area contributed by atoms with Gasteiger partial charge in [-0.3, -0.25) is 20.0 Å². The van der Waals surface area contributed by atoms with Crippen LogP contribution in [0, 0.1) is 10.1 Å². The van der Waals surface area contributed by atoms with E-state index < -0.39 is 4.92 Å². The third kappa shape index (κ3) is 3.87. The number of nitro groups is 1. The molecular weight excluding hydrogens is 308 g/mol. The molecule has 0 amide bonds. The van der Waals surface area contributed by atoms with Crippen LogP contribution in [0.5, 0.6) is 5.75 Å². The first kappa shape index (κ1) is 16.4. The third-order valence-corrected chi connectivity index (χ3v) is 4.12. The number of para-hydroxylation sites is 2. The maximum Gasteiger partial charge on any atom is 0.310 e. The Kier molecular flexibility index (Phi) is 5.35. The lowest BCUT2D eigenvalue weighted by Crippen LogP contribution is -2.47. The van der Waals surface area contributed by atoms with E-state index in [-0.39, 0.29) is 11.7 Å². The molecule has 126 valence electrons. The van der Waals surface area contributed by atoms with Crippen molar-refractivity contribution in [1.29, 1.82) is 0 Å². The van der Waals surface area contributed by atoms with Crippen LogP contribution < -0.4 is 10.1 Å². The Hall–Kier alpha value is -2.51. The first-order valence-corrected chi connectivity index (χ1v) is 7.96. The van der Waals surface area contributed by atoms with Crippen molar-refractivity contribution in [3.63, 3.8) is 0 Å².